The predicted molar refractivity (Wildman–Crippen MR) is 207 cm³/mol. The van der Waals surface area contributed by atoms with Crippen LogP contribution in [-0.4, -0.2) is 4.98 Å². The highest BCUT2D eigenvalue weighted by molar-refractivity contribution is 7.25. The van der Waals surface area contributed by atoms with Gasteiger partial charge in [-0.15, -0.1) is 11.3 Å². The number of oxazole rings is 1. The van der Waals surface area contributed by atoms with Crippen LogP contribution in [0.3, 0.4) is 0 Å². The van der Waals surface area contributed by atoms with E-state index in [0.717, 1.165) is 55.3 Å². The Labute approximate surface area is 286 Å². The summed E-state index contributed by atoms with van der Waals surface area (Å²) < 4.78 is 9.16. The second kappa shape index (κ2) is 11.2. The number of fused-ring (bicyclic) bond motifs is 8. The molecule has 0 aliphatic carbocycles. The van der Waals surface area contributed by atoms with Crippen molar-refractivity contribution in [1.82, 2.24) is 4.98 Å². The highest BCUT2D eigenvalue weighted by Crippen LogP contribution is 2.44. The predicted octanol–water partition coefficient (Wildman–Crippen LogP) is 13.3. The number of anilines is 3. The lowest BCUT2D eigenvalue weighted by Gasteiger charge is -2.26. The van der Waals surface area contributed by atoms with E-state index in [-0.39, 0.29) is 0 Å². The topological polar surface area (TPSA) is 29.3 Å². The van der Waals surface area contributed by atoms with Crippen molar-refractivity contribution in [2.24, 2.45) is 0 Å². The quantitative estimate of drug-likeness (QED) is 0.175. The minimum atomic E-state index is 0.631. The minimum Gasteiger partial charge on any atom is -0.435 e. The molecule has 2 heterocycles. The van der Waals surface area contributed by atoms with Gasteiger partial charge >= 0.3 is 0 Å². The lowest BCUT2D eigenvalue weighted by atomic mass is 9.92. The highest BCUT2D eigenvalue weighted by Gasteiger charge is 2.19. The van der Waals surface area contributed by atoms with E-state index in [1.165, 1.54) is 31.3 Å². The van der Waals surface area contributed by atoms with Crippen LogP contribution in [0.1, 0.15) is 0 Å². The molecule has 0 saturated carbocycles. The summed E-state index contributed by atoms with van der Waals surface area (Å²) in [5.74, 6) is 0.631. The van der Waals surface area contributed by atoms with Gasteiger partial charge in [0.15, 0.2) is 5.58 Å². The Hall–Kier alpha value is -6.23. The number of hydrogen-bond acceptors (Lipinski definition) is 4. The fraction of sp³-hybridized carbons (Fsp3) is 0. The molecule has 4 heteroatoms. The molecule has 10 aromatic rings. The van der Waals surface area contributed by atoms with E-state index in [9.17, 15) is 0 Å². The number of benzene rings is 8. The van der Waals surface area contributed by atoms with Crippen LogP contribution in [0.15, 0.2) is 174 Å². The fourth-order valence-corrected chi connectivity index (χ4v) is 8.33. The Morgan fingerprint density at radius 2 is 1.12 bits per heavy atom. The molecular weight excluding hydrogens is 617 g/mol. The first-order valence-electron chi connectivity index (χ1n) is 16.5. The summed E-state index contributed by atoms with van der Waals surface area (Å²) in [6, 6.07) is 60.4. The van der Waals surface area contributed by atoms with Crippen molar-refractivity contribution >= 4 is 81.2 Å². The number of thiophene rings is 1. The van der Waals surface area contributed by atoms with E-state index < -0.39 is 0 Å². The van der Waals surface area contributed by atoms with E-state index >= 15 is 0 Å². The first kappa shape index (κ1) is 27.8. The minimum absolute atomic E-state index is 0.631. The van der Waals surface area contributed by atoms with Crippen LogP contribution in [0.5, 0.6) is 0 Å². The third kappa shape index (κ3) is 4.61. The lowest BCUT2D eigenvalue weighted by Crippen LogP contribution is -2.09. The van der Waals surface area contributed by atoms with Crippen LogP contribution in [0.4, 0.5) is 17.1 Å². The van der Waals surface area contributed by atoms with E-state index in [0.29, 0.717) is 5.89 Å². The maximum absolute atomic E-state index is 6.58. The van der Waals surface area contributed by atoms with Crippen molar-refractivity contribution in [1.29, 1.82) is 0 Å². The fourth-order valence-electron chi connectivity index (χ4n) is 7.19. The van der Waals surface area contributed by atoms with Gasteiger partial charge in [0.1, 0.15) is 5.52 Å². The Morgan fingerprint density at radius 3 is 1.92 bits per heavy atom. The van der Waals surface area contributed by atoms with Crippen molar-refractivity contribution in [3.63, 3.8) is 0 Å². The van der Waals surface area contributed by atoms with Crippen LogP contribution in [0, 0.1) is 0 Å². The summed E-state index contributed by atoms with van der Waals surface area (Å²) >= 11 is 1.85. The van der Waals surface area contributed by atoms with Gasteiger partial charge in [-0.3, -0.25) is 0 Å². The maximum atomic E-state index is 6.58. The molecule has 2 aromatic heterocycles. The first-order valence-corrected chi connectivity index (χ1v) is 17.3. The number of hydrogen-bond donors (Lipinski definition) is 0. The molecule has 0 spiro atoms. The summed E-state index contributed by atoms with van der Waals surface area (Å²) in [6.45, 7) is 0. The van der Waals surface area contributed by atoms with Gasteiger partial charge in [-0.25, -0.2) is 4.98 Å². The van der Waals surface area contributed by atoms with Gasteiger partial charge in [-0.2, -0.15) is 0 Å². The molecule has 0 amide bonds. The van der Waals surface area contributed by atoms with Gasteiger partial charge in [-0.05, 0) is 94.0 Å². The highest BCUT2D eigenvalue weighted by atomic mass is 32.1. The summed E-state index contributed by atoms with van der Waals surface area (Å²) in [4.78, 5) is 7.28. The van der Waals surface area contributed by atoms with Crippen LogP contribution in [0.2, 0.25) is 0 Å². The lowest BCUT2D eigenvalue weighted by molar-refractivity contribution is 0.623. The molecular formula is C45H28N2OS. The summed E-state index contributed by atoms with van der Waals surface area (Å²) in [6.07, 6.45) is 0. The van der Waals surface area contributed by atoms with Gasteiger partial charge in [0.05, 0.1) is 0 Å². The van der Waals surface area contributed by atoms with Gasteiger partial charge in [0, 0.05) is 48.2 Å². The van der Waals surface area contributed by atoms with E-state index in [4.69, 9.17) is 9.40 Å². The standard InChI is InChI=1S/C45H28N2OS/c1-4-12-29(13-5-1)38-26-31-20-25-40-44(48-45(46-40)30-14-6-2-7-15-30)43(31)37-24-22-33(27-39(37)38)47(32-16-8-3-9-17-32)34-21-23-36-35-18-10-11-19-41(35)49-42(36)28-34/h1-28H. The third-order valence-electron chi connectivity index (χ3n) is 9.45. The van der Waals surface area contributed by atoms with Crippen molar-refractivity contribution in [3.05, 3.63) is 170 Å². The third-order valence-corrected chi connectivity index (χ3v) is 10.6. The zero-order valence-corrected chi connectivity index (χ0v) is 27.2. The molecule has 230 valence electrons. The molecule has 0 radical (unpaired) electrons. The molecule has 0 fully saturated rings. The zero-order chi connectivity index (χ0) is 32.3. The number of rotatable bonds is 5. The largest absolute Gasteiger partial charge is 0.435 e. The maximum Gasteiger partial charge on any atom is 0.227 e. The first-order chi connectivity index (χ1) is 24.3. The number of para-hydroxylation sites is 1. The molecule has 0 bridgehead atoms. The smallest absolute Gasteiger partial charge is 0.227 e. The molecule has 0 saturated heterocycles. The second-order valence-electron chi connectivity index (χ2n) is 12.4. The van der Waals surface area contributed by atoms with E-state index in [1.807, 2.05) is 41.7 Å². The Morgan fingerprint density at radius 1 is 0.469 bits per heavy atom. The van der Waals surface area contributed by atoms with E-state index in [2.05, 4.69) is 144 Å². The molecule has 0 atom stereocenters. The van der Waals surface area contributed by atoms with Gasteiger partial charge in [-0.1, -0.05) is 103 Å². The van der Waals surface area contributed by atoms with Crippen LogP contribution in [-0.2, 0) is 0 Å². The average Bonchev–Trinajstić information content (AvgIpc) is 3.77. The molecule has 3 nitrogen and oxygen atoms in total. The van der Waals surface area contributed by atoms with Crippen molar-refractivity contribution in [3.8, 4) is 22.6 Å². The summed E-state index contributed by atoms with van der Waals surface area (Å²) in [5, 5.41) is 7.09. The number of aromatic nitrogens is 1. The summed E-state index contributed by atoms with van der Waals surface area (Å²) in [7, 11) is 0. The Kier molecular flexibility index (Phi) is 6.36. The van der Waals surface area contributed by atoms with Crippen molar-refractivity contribution < 1.29 is 4.42 Å². The normalized spacial score (nSPS) is 11.7. The second-order valence-corrected chi connectivity index (χ2v) is 13.5. The van der Waals surface area contributed by atoms with Crippen LogP contribution >= 0.6 is 11.3 Å². The van der Waals surface area contributed by atoms with Crippen LogP contribution in [0.25, 0.3) is 75.4 Å². The molecule has 8 aromatic carbocycles. The van der Waals surface area contributed by atoms with Crippen molar-refractivity contribution in [2.75, 3.05) is 4.90 Å². The average molecular weight is 645 g/mol. The SMILES string of the molecule is c1ccc(-c2nc3ccc4cc(-c5ccccc5)c5cc(N(c6ccccc6)c6ccc7c(c6)sc6ccccc67)ccc5c4c3o2)cc1. The Bertz CT molecular complexity index is 2820. The van der Waals surface area contributed by atoms with Gasteiger partial charge in [0.2, 0.25) is 5.89 Å². The Balaban J connectivity index is 1.24. The molecule has 0 N–H and O–H groups in total. The van der Waals surface area contributed by atoms with Crippen molar-refractivity contribution in [2.45, 2.75) is 0 Å². The zero-order valence-electron chi connectivity index (χ0n) is 26.4. The van der Waals surface area contributed by atoms with Gasteiger partial charge < -0.3 is 9.32 Å². The number of nitrogens with zero attached hydrogens (tertiary/aromatic N) is 2. The van der Waals surface area contributed by atoms with Gasteiger partial charge in [0.25, 0.3) is 0 Å². The molecule has 49 heavy (non-hydrogen) atoms. The molecule has 0 aliphatic heterocycles. The molecule has 0 unspecified atom stereocenters. The molecule has 0 aliphatic rings. The molecule has 10 rings (SSSR count). The summed E-state index contributed by atoms with van der Waals surface area (Å²) in [5.41, 5.74) is 8.30. The van der Waals surface area contributed by atoms with E-state index in [1.54, 1.807) is 0 Å². The van der Waals surface area contributed by atoms with Crippen LogP contribution < -0.4 is 4.90 Å². The monoisotopic (exact) mass is 644 g/mol.